The van der Waals surface area contributed by atoms with Gasteiger partial charge in [-0.05, 0) is 69.3 Å². The maximum Gasteiger partial charge on any atom is 0.415 e. The summed E-state index contributed by atoms with van der Waals surface area (Å²) in [5.74, 6) is 0. The fourth-order valence-corrected chi connectivity index (χ4v) is 3.37. The Morgan fingerprint density at radius 2 is 1.85 bits per heavy atom. The van der Waals surface area contributed by atoms with Crippen molar-refractivity contribution in [1.82, 2.24) is 9.47 Å². The van der Waals surface area contributed by atoms with E-state index in [2.05, 4.69) is 45.7 Å². The van der Waals surface area contributed by atoms with Crippen LogP contribution in [0.25, 0.3) is 10.9 Å². The number of aryl methyl sites for hydroxylation is 1. The van der Waals surface area contributed by atoms with Crippen molar-refractivity contribution in [2.75, 3.05) is 7.05 Å². The Hall–Kier alpha value is -1.85. The molecule has 0 bridgehead atoms. The summed E-state index contributed by atoms with van der Waals surface area (Å²) in [6.45, 7) is 13.2. The van der Waals surface area contributed by atoms with Crippen LogP contribution in [0.4, 0.5) is 4.79 Å². The van der Waals surface area contributed by atoms with E-state index in [0.29, 0.717) is 24.4 Å². The maximum absolute atomic E-state index is 11.6. The predicted octanol–water partition coefficient (Wildman–Crippen LogP) is 4.74. The Morgan fingerprint density at radius 3 is 2.37 bits per heavy atom. The van der Waals surface area contributed by atoms with Gasteiger partial charge >= 0.3 is 6.09 Å². The highest BCUT2D eigenvalue weighted by atomic mass is 16.4. The van der Waals surface area contributed by atoms with Crippen LogP contribution in [0.1, 0.15) is 59.1 Å². The van der Waals surface area contributed by atoms with Crippen LogP contribution in [-0.4, -0.2) is 44.5 Å². The van der Waals surface area contributed by atoms with Crippen LogP contribution in [0, 0.1) is 5.41 Å². The topological polar surface area (TPSA) is 65.7 Å². The number of carbonyl (C=O) groups is 1. The third-order valence-electron chi connectivity index (χ3n) is 5.51. The molecule has 2 N–H and O–H groups in total. The van der Waals surface area contributed by atoms with Crippen molar-refractivity contribution < 1.29 is 15.0 Å². The fourth-order valence-electron chi connectivity index (χ4n) is 3.37. The van der Waals surface area contributed by atoms with Gasteiger partial charge in [0.05, 0.1) is 11.1 Å². The minimum absolute atomic E-state index is 0.157. The monoisotopic (exact) mass is 374 g/mol. The molecule has 27 heavy (non-hydrogen) atoms. The zero-order valence-corrected chi connectivity index (χ0v) is 17.7. The van der Waals surface area contributed by atoms with Crippen molar-refractivity contribution >= 4 is 17.0 Å². The summed E-state index contributed by atoms with van der Waals surface area (Å²) in [5, 5.41) is 20.6. The van der Waals surface area contributed by atoms with Gasteiger partial charge in [0.1, 0.15) is 0 Å². The van der Waals surface area contributed by atoms with Gasteiger partial charge in [0.25, 0.3) is 0 Å². The third kappa shape index (κ3) is 5.33. The van der Waals surface area contributed by atoms with Crippen molar-refractivity contribution in [3.8, 4) is 0 Å². The zero-order valence-electron chi connectivity index (χ0n) is 17.7. The smallest absolute Gasteiger partial charge is 0.415 e. The highest BCUT2D eigenvalue weighted by Crippen LogP contribution is 2.28. The maximum atomic E-state index is 11.6. The summed E-state index contributed by atoms with van der Waals surface area (Å²) in [6.07, 6.45) is 1.95. The van der Waals surface area contributed by atoms with Crippen molar-refractivity contribution in [1.29, 1.82) is 0 Å². The van der Waals surface area contributed by atoms with E-state index in [0.717, 1.165) is 23.1 Å². The standard InChI is InChI=1S/C22H34N2O3/c1-15(21(2,3)4)23(7)14-16-12-17(8-10-22(5,6)27)18-9-11-24(20(25)26)19(18)13-16/h9,11-13,15,27H,8,10,14H2,1-7H3,(H,25,26). The average Bonchev–Trinajstić information content (AvgIpc) is 2.94. The molecule has 0 aliphatic rings. The van der Waals surface area contributed by atoms with E-state index in [1.54, 1.807) is 20.0 Å². The Kier molecular flexibility index (Phi) is 6.07. The summed E-state index contributed by atoms with van der Waals surface area (Å²) in [7, 11) is 2.10. The molecule has 1 aromatic heterocycles. The fraction of sp³-hybridized carbons (Fsp3) is 0.591. The molecule has 0 saturated heterocycles. The summed E-state index contributed by atoms with van der Waals surface area (Å²) in [6, 6.07) is 6.36. The van der Waals surface area contributed by atoms with Gasteiger partial charge in [-0.2, -0.15) is 0 Å². The molecule has 2 aromatic rings. The minimum atomic E-state index is -0.980. The number of rotatable bonds is 6. The van der Waals surface area contributed by atoms with Gasteiger partial charge in [-0.3, -0.25) is 9.47 Å². The molecule has 0 aliphatic heterocycles. The van der Waals surface area contributed by atoms with Crippen molar-refractivity contribution in [2.24, 2.45) is 5.41 Å². The number of fused-ring (bicyclic) bond motifs is 1. The molecule has 0 amide bonds. The first-order valence-electron chi connectivity index (χ1n) is 9.58. The molecule has 1 aromatic carbocycles. The molecule has 5 heteroatoms. The highest BCUT2D eigenvalue weighted by molar-refractivity contribution is 5.91. The first-order chi connectivity index (χ1) is 12.3. The van der Waals surface area contributed by atoms with E-state index in [9.17, 15) is 15.0 Å². The molecule has 0 spiro atoms. The quantitative estimate of drug-likeness (QED) is 0.767. The number of benzene rings is 1. The van der Waals surface area contributed by atoms with Crippen LogP contribution < -0.4 is 0 Å². The van der Waals surface area contributed by atoms with Gasteiger partial charge in [0.2, 0.25) is 0 Å². The molecule has 0 aliphatic carbocycles. The summed E-state index contributed by atoms with van der Waals surface area (Å²) in [5.41, 5.74) is 2.29. The van der Waals surface area contributed by atoms with Crippen molar-refractivity contribution in [2.45, 2.75) is 72.6 Å². The van der Waals surface area contributed by atoms with Crippen LogP contribution in [0.3, 0.4) is 0 Å². The second-order valence-electron chi connectivity index (χ2n) is 9.43. The lowest BCUT2D eigenvalue weighted by Gasteiger charge is -2.35. The Balaban J connectivity index is 2.43. The van der Waals surface area contributed by atoms with Gasteiger partial charge in [-0.1, -0.05) is 26.8 Å². The van der Waals surface area contributed by atoms with Gasteiger partial charge < -0.3 is 10.2 Å². The van der Waals surface area contributed by atoms with Crippen LogP contribution in [-0.2, 0) is 13.0 Å². The third-order valence-corrected chi connectivity index (χ3v) is 5.51. The van der Waals surface area contributed by atoms with Crippen LogP contribution >= 0.6 is 0 Å². The lowest BCUT2D eigenvalue weighted by atomic mass is 9.87. The van der Waals surface area contributed by atoms with E-state index in [-0.39, 0.29) is 5.41 Å². The molecular formula is C22H34N2O3. The number of aliphatic hydroxyl groups is 1. The minimum Gasteiger partial charge on any atom is -0.464 e. The molecule has 2 rings (SSSR count). The van der Waals surface area contributed by atoms with Crippen molar-refractivity contribution in [3.05, 3.63) is 35.5 Å². The Bertz CT molecular complexity index is 809. The lowest BCUT2D eigenvalue weighted by molar-refractivity contribution is 0.0714. The molecule has 1 unspecified atom stereocenters. The largest absolute Gasteiger partial charge is 0.464 e. The summed E-state index contributed by atoms with van der Waals surface area (Å²) in [4.78, 5) is 13.9. The second-order valence-corrected chi connectivity index (χ2v) is 9.43. The first-order valence-corrected chi connectivity index (χ1v) is 9.58. The van der Waals surface area contributed by atoms with Gasteiger partial charge in [0, 0.05) is 24.2 Å². The van der Waals surface area contributed by atoms with Crippen LogP contribution in [0.2, 0.25) is 0 Å². The number of nitrogens with zero attached hydrogens (tertiary/aromatic N) is 2. The van der Waals surface area contributed by atoms with Gasteiger partial charge in [0.15, 0.2) is 0 Å². The number of hydrogen-bond acceptors (Lipinski definition) is 3. The Labute approximate surface area is 162 Å². The summed E-state index contributed by atoms with van der Waals surface area (Å²) >= 11 is 0. The van der Waals surface area contributed by atoms with Crippen molar-refractivity contribution in [3.63, 3.8) is 0 Å². The van der Waals surface area contributed by atoms with Crippen LogP contribution in [0.5, 0.6) is 0 Å². The number of carboxylic acid groups (broad SMARTS) is 1. The van der Waals surface area contributed by atoms with E-state index in [1.807, 2.05) is 12.1 Å². The molecule has 0 fully saturated rings. The Morgan fingerprint density at radius 1 is 1.22 bits per heavy atom. The number of aromatic nitrogens is 1. The van der Waals surface area contributed by atoms with Gasteiger partial charge in [-0.25, -0.2) is 4.79 Å². The SMILES string of the molecule is CC(N(C)Cc1cc(CCC(C)(C)O)c2ccn(C(=O)O)c2c1)C(C)(C)C. The lowest BCUT2D eigenvalue weighted by Crippen LogP contribution is -2.38. The highest BCUT2D eigenvalue weighted by Gasteiger charge is 2.24. The molecule has 0 radical (unpaired) electrons. The normalized spacial score (nSPS) is 14.1. The number of hydrogen-bond donors (Lipinski definition) is 2. The van der Waals surface area contributed by atoms with E-state index in [1.165, 1.54) is 4.57 Å². The molecule has 150 valence electrons. The van der Waals surface area contributed by atoms with Gasteiger partial charge in [-0.15, -0.1) is 0 Å². The zero-order chi connectivity index (χ0) is 20.6. The average molecular weight is 375 g/mol. The molecule has 0 saturated carbocycles. The summed E-state index contributed by atoms with van der Waals surface area (Å²) < 4.78 is 1.28. The van der Waals surface area contributed by atoms with E-state index >= 15 is 0 Å². The predicted molar refractivity (Wildman–Crippen MR) is 110 cm³/mol. The molecule has 5 nitrogen and oxygen atoms in total. The second kappa shape index (κ2) is 7.64. The van der Waals surface area contributed by atoms with E-state index < -0.39 is 11.7 Å². The first kappa shape index (κ1) is 21.5. The molecule has 1 heterocycles. The van der Waals surface area contributed by atoms with E-state index in [4.69, 9.17) is 0 Å². The molecule has 1 atom stereocenters. The van der Waals surface area contributed by atoms with Crippen LogP contribution in [0.15, 0.2) is 24.4 Å². The molecular weight excluding hydrogens is 340 g/mol.